The Labute approximate surface area is 137 Å². The van der Waals surface area contributed by atoms with Gasteiger partial charge in [-0.05, 0) is 24.7 Å². The fraction of sp³-hybridized carbons (Fsp3) is 0.688. The lowest BCUT2D eigenvalue weighted by Gasteiger charge is -2.31. The number of carbonyl (C=O) groups excluding carboxylic acids is 2. The topological polar surface area (TPSA) is 79.3 Å². The van der Waals surface area contributed by atoms with Crippen molar-refractivity contribution in [2.45, 2.75) is 39.7 Å². The van der Waals surface area contributed by atoms with Crippen molar-refractivity contribution in [3.05, 3.63) is 12.4 Å². The fourth-order valence-electron chi connectivity index (χ4n) is 2.81. The second-order valence-corrected chi connectivity index (χ2v) is 6.58. The van der Waals surface area contributed by atoms with E-state index in [4.69, 9.17) is 0 Å². The normalized spacial score (nSPS) is 15.7. The molecule has 1 saturated heterocycles. The van der Waals surface area contributed by atoms with E-state index in [-0.39, 0.29) is 11.9 Å². The fourth-order valence-corrected chi connectivity index (χ4v) is 2.81. The maximum absolute atomic E-state index is 12.3. The van der Waals surface area contributed by atoms with Crippen LogP contribution in [0.3, 0.4) is 0 Å². The first-order chi connectivity index (χ1) is 11.0. The summed E-state index contributed by atoms with van der Waals surface area (Å²) in [7, 11) is 1.66. The molecule has 0 spiro atoms. The van der Waals surface area contributed by atoms with E-state index < -0.39 is 0 Å². The molecule has 1 aliphatic heterocycles. The SMILES string of the molecule is CNC(=O)CC1CCN(C(=O)Nc2cnn(CC(C)C)c2)CC1. The minimum Gasteiger partial charge on any atom is -0.359 e. The summed E-state index contributed by atoms with van der Waals surface area (Å²) in [5, 5.41) is 9.80. The Morgan fingerprint density at radius 3 is 2.65 bits per heavy atom. The van der Waals surface area contributed by atoms with Crippen molar-refractivity contribution in [2.75, 3.05) is 25.5 Å². The van der Waals surface area contributed by atoms with Crippen LogP contribution in [0.15, 0.2) is 12.4 Å². The molecule has 0 bridgehead atoms. The monoisotopic (exact) mass is 321 g/mol. The maximum atomic E-state index is 12.3. The molecule has 0 aliphatic carbocycles. The van der Waals surface area contributed by atoms with Gasteiger partial charge in [0.05, 0.1) is 11.9 Å². The molecule has 1 aliphatic rings. The molecule has 2 N–H and O–H groups in total. The highest BCUT2D eigenvalue weighted by atomic mass is 16.2. The van der Waals surface area contributed by atoms with Crippen molar-refractivity contribution >= 4 is 17.6 Å². The molecular formula is C16H27N5O2. The minimum absolute atomic E-state index is 0.0745. The van der Waals surface area contributed by atoms with Crippen LogP contribution in [-0.4, -0.2) is 46.8 Å². The third kappa shape index (κ3) is 5.26. The van der Waals surface area contributed by atoms with Crippen LogP contribution >= 0.6 is 0 Å². The molecule has 0 radical (unpaired) electrons. The first-order valence-corrected chi connectivity index (χ1v) is 8.27. The van der Waals surface area contributed by atoms with Crippen LogP contribution in [0.1, 0.15) is 33.1 Å². The molecule has 0 unspecified atom stereocenters. The van der Waals surface area contributed by atoms with Gasteiger partial charge in [-0.2, -0.15) is 5.10 Å². The summed E-state index contributed by atoms with van der Waals surface area (Å²) in [6.45, 7) is 6.47. The Morgan fingerprint density at radius 1 is 1.35 bits per heavy atom. The van der Waals surface area contributed by atoms with E-state index in [0.717, 1.165) is 25.1 Å². The van der Waals surface area contributed by atoms with Gasteiger partial charge in [0, 0.05) is 39.3 Å². The number of piperidine rings is 1. The molecule has 0 aromatic carbocycles. The number of amides is 3. The third-order valence-electron chi connectivity index (χ3n) is 4.09. The summed E-state index contributed by atoms with van der Waals surface area (Å²) < 4.78 is 1.84. The standard InChI is InChI=1S/C16H27N5O2/c1-12(2)10-21-11-14(9-18-21)19-16(23)20-6-4-13(5-7-20)8-15(22)17-3/h9,11-13H,4-8,10H2,1-3H3,(H,17,22)(H,19,23). The number of nitrogens with zero attached hydrogens (tertiary/aromatic N) is 3. The van der Waals surface area contributed by atoms with Crippen molar-refractivity contribution in [1.29, 1.82) is 0 Å². The van der Waals surface area contributed by atoms with Crippen molar-refractivity contribution in [2.24, 2.45) is 11.8 Å². The molecule has 1 aromatic heterocycles. The molecule has 7 nitrogen and oxygen atoms in total. The zero-order valence-electron chi connectivity index (χ0n) is 14.2. The Balaban J connectivity index is 1.78. The number of anilines is 1. The van der Waals surface area contributed by atoms with Gasteiger partial charge in [-0.25, -0.2) is 4.79 Å². The highest BCUT2D eigenvalue weighted by Gasteiger charge is 2.24. The summed E-state index contributed by atoms with van der Waals surface area (Å²) in [5.74, 6) is 0.955. The number of likely N-dealkylation sites (tertiary alicyclic amines) is 1. The van der Waals surface area contributed by atoms with Crippen molar-refractivity contribution < 1.29 is 9.59 Å². The molecule has 2 rings (SSSR count). The van der Waals surface area contributed by atoms with Crippen molar-refractivity contribution in [3.8, 4) is 0 Å². The smallest absolute Gasteiger partial charge is 0.321 e. The van der Waals surface area contributed by atoms with E-state index in [9.17, 15) is 9.59 Å². The van der Waals surface area contributed by atoms with Crippen LogP contribution in [0, 0.1) is 11.8 Å². The second-order valence-electron chi connectivity index (χ2n) is 6.58. The van der Waals surface area contributed by atoms with E-state index in [0.29, 0.717) is 31.3 Å². The molecule has 2 heterocycles. The lowest BCUT2D eigenvalue weighted by atomic mass is 9.93. The Bertz CT molecular complexity index is 532. The van der Waals surface area contributed by atoms with Gasteiger partial charge in [0.1, 0.15) is 0 Å². The zero-order chi connectivity index (χ0) is 16.8. The summed E-state index contributed by atoms with van der Waals surface area (Å²) in [6, 6.07) is -0.0903. The lowest BCUT2D eigenvalue weighted by Crippen LogP contribution is -2.41. The quantitative estimate of drug-likeness (QED) is 0.869. The summed E-state index contributed by atoms with van der Waals surface area (Å²) in [5.41, 5.74) is 0.725. The molecular weight excluding hydrogens is 294 g/mol. The Hall–Kier alpha value is -2.05. The molecule has 1 aromatic rings. The van der Waals surface area contributed by atoms with Crippen LogP contribution in [-0.2, 0) is 11.3 Å². The number of rotatable bonds is 5. The molecule has 1 fully saturated rings. The number of urea groups is 1. The van der Waals surface area contributed by atoms with Crippen LogP contribution in [0.25, 0.3) is 0 Å². The minimum atomic E-state index is -0.0903. The zero-order valence-corrected chi connectivity index (χ0v) is 14.2. The van der Waals surface area contributed by atoms with Gasteiger partial charge >= 0.3 is 6.03 Å². The molecule has 128 valence electrons. The van der Waals surface area contributed by atoms with Crippen LogP contribution in [0.5, 0.6) is 0 Å². The van der Waals surface area contributed by atoms with Crippen LogP contribution in [0.4, 0.5) is 10.5 Å². The van der Waals surface area contributed by atoms with Gasteiger partial charge in [-0.3, -0.25) is 9.48 Å². The number of carbonyl (C=O) groups is 2. The van der Waals surface area contributed by atoms with Crippen molar-refractivity contribution in [1.82, 2.24) is 20.0 Å². The van der Waals surface area contributed by atoms with Gasteiger partial charge in [-0.1, -0.05) is 13.8 Å². The summed E-state index contributed by atoms with van der Waals surface area (Å²) >= 11 is 0. The average molecular weight is 321 g/mol. The lowest BCUT2D eigenvalue weighted by molar-refractivity contribution is -0.121. The van der Waals surface area contributed by atoms with E-state index >= 15 is 0 Å². The Morgan fingerprint density at radius 2 is 2.04 bits per heavy atom. The number of hydrogen-bond donors (Lipinski definition) is 2. The average Bonchev–Trinajstić information content (AvgIpc) is 2.94. The van der Waals surface area contributed by atoms with Crippen molar-refractivity contribution in [3.63, 3.8) is 0 Å². The first kappa shape index (κ1) is 17.3. The highest BCUT2D eigenvalue weighted by Crippen LogP contribution is 2.21. The molecule has 7 heteroatoms. The van der Waals surface area contributed by atoms with Gasteiger partial charge in [0.2, 0.25) is 5.91 Å². The number of aromatic nitrogens is 2. The van der Waals surface area contributed by atoms with E-state index in [1.54, 1.807) is 18.1 Å². The largest absolute Gasteiger partial charge is 0.359 e. The van der Waals surface area contributed by atoms with Gasteiger partial charge in [-0.15, -0.1) is 0 Å². The maximum Gasteiger partial charge on any atom is 0.321 e. The predicted octanol–water partition coefficient (Wildman–Crippen LogP) is 1.92. The Kier molecular flexibility index (Phi) is 6.01. The second kappa shape index (κ2) is 7.99. The predicted molar refractivity (Wildman–Crippen MR) is 89.1 cm³/mol. The summed E-state index contributed by atoms with van der Waals surface area (Å²) in [4.78, 5) is 25.5. The molecule has 0 atom stereocenters. The highest BCUT2D eigenvalue weighted by molar-refractivity contribution is 5.89. The van der Waals surface area contributed by atoms with Gasteiger partial charge < -0.3 is 15.5 Å². The molecule has 0 saturated carbocycles. The van der Waals surface area contributed by atoms with Crippen LogP contribution in [0.2, 0.25) is 0 Å². The van der Waals surface area contributed by atoms with E-state index in [1.807, 2.05) is 10.9 Å². The van der Waals surface area contributed by atoms with Crippen LogP contribution < -0.4 is 10.6 Å². The first-order valence-electron chi connectivity index (χ1n) is 8.27. The summed E-state index contributed by atoms with van der Waals surface area (Å²) in [6.07, 6.45) is 5.82. The number of hydrogen-bond acceptors (Lipinski definition) is 3. The third-order valence-corrected chi connectivity index (χ3v) is 4.09. The van der Waals surface area contributed by atoms with E-state index in [1.165, 1.54) is 0 Å². The molecule has 3 amide bonds. The van der Waals surface area contributed by atoms with Gasteiger partial charge in [0.25, 0.3) is 0 Å². The number of nitrogens with one attached hydrogen (secondary N) is 2. The van der Waals surface area contributed by atoms with E-state index in [2.05, 4.69) is 29.6 Å². The molecule has 23 heavy (non-hydrogen) atoms. The van der Waals surface area contributed by atoms with Gasteiger partial charge in [0.15, 0.2) is 0 Å².